The minimum Gasteiger partial charge on any atom is -0.351 e. The average molecular weight is 342 g/mol. The van der Waals surface area contributed by atoms with Gasteiger partial charge >= 0.3 is 0 Å². The first-order chi connectivity index (χ1) is 11.9. The summed E-state index contributed by atoms with van der Waals surface area (Å²) in [6, 6.07) is 9.00. The van der Waals surface area contributed by atoms with E-state index in [1.165, 1.54) is 0 Å². The molecule has 7 heteroatoms. The summed E-state index contributed by atoms with van der Waals surface area (Å²) in [5.74, 6) is -0.951. The van der Waals surface area contributed by atoms with Crippen molar-refractivity contribution < 1.29 is 14.4 Å². The number of nitrogens with zero attached hydrogens (tertiary/aromatic N) is 2. The quantitative estimate of drug-likeness (QED) is 0.816. The Labute approximate surface area is 147 Å². The first kappa shape index (κ1) is 18.5. The van der Waals surface area contributed by atoms with E-state index in [9.17, 15) is 14.4 Å². The zero-order valence-electron chi connectivity index (χ0n) is 14.4. The molecule has 1 heterocycles. The minimum atomic E-state index is -0.379. The van der Waals surface area contributed by atoms with Gasteiger partial charge in [-0.15, -0.1) is 0 Å². The Kier molecular flexibility index (Phi) is 6.12. The van der Waals surface area contributed by atoms with Gasteiger partial charge in [-0.05, 0) is 25.5 Å². The van der Waals surface area contributed by atoms with E-state index in [0.717, 1.165) is 5.56 Å². The van der Waals surface area contributed by atoms with Crippen LogP contribution in [0.25, 0.3) is 0 Å². The summed E-state index contributed by atoms with van der Waals surface area (Å²) >= 11 is 0. The van der Waals surface area contributed by atoms with Crippen LogP contribution in [0.1, 0.15) is 32.3 Å². The van der Waals surface area contributed by atoms with Gasteiger partial charge in [0.1, 0.15) is 6.42 Å². The monoisotopic (exact) mass is 342 g/mol. The molecule has 0 spiro atoms. The first-order valence-electron chi connectivity index (χ1n) is 8.24. The number of hydrogen-bond acceptors (Lipinski definition) is 4. The van der Waals surface area contributed by atoms with Gasteiger partial charge in [-0.3, -0.25) is 14.4 Å². The van der Waals surface area contributed by atoms with E-state index < -0.39 is 0 Å². The number of benzene rings is 1. The summed E-state index contributed by atoms with van der Waals surface area (Å²) in [5, 5.41) is 14.0. The van der Waals surface area contributed by atoms with Crippen molar-refractivity contribution in [1.82, 2.24) is 10.2 Å². The second-order valence-electron chi connectivity index (χ2n) is 6.30. The van der Waals surface area contributed by atoms with Gasteiger partial charge in [-0.2, -0.15) is 5.26 Å². The van der Waals surface area contributed by atoms with Crippen molar-refractivity contribution in [3.05, 3.63) is 29.8 Å². The van der Waals surface area contributed by atoms with E-state index in [0.29, 0.717) is 12.2 Å². The van der Waals surface area contributed by atoms with Crippen LogP contribution in [0.5, 0.6) is 0 Å². The maximum Gasteiger partial charge on any atom is 0.234 e. The number of rotatable bonds is 6. The molecule has 3 amide bonds. The molecule has 1 aliphatic rings. The van der Waals surface area contributed by atoms with Crippen LogP contribution in [-0.2, 0) is 20.9 Å². The summed E-state index contributed by atoms with van der Waals surface area (Å²) in [4.78, 5) is 37.6. The zero-order valence-corrected chi connectivity index (χ0v) is 14.4. The van der Waals surface area contributed by atoms with Crippen molar-refractivity contribution >= 4 is 23.4 Å². The molecule has 2 N–H and O–H groups in total. The molecule has 1 aromatic carbocycles. The number of nitrogens with one attached hydrogen (secondary N) is 2. The fourth-order valence-electron chi connectivity index (χ4n) is 2.77. The number of carbonyl (C=O) groups excluding carboxylic acids is 3. The SMILES string of the molecule is CC(C)N1CC(C(=O)Nc2ccccc2CNC(=O)CC#N)CC1=O. The van der Waals surface area contributed by atoms with Crippen molar-refractivity contribution in [2.24, 2.45) is 5.92 Å². The molecule has 1 saturated heterocycles. The lowest BCUT2D eigenvalue weighted by Gasteiger charge is -2.21. The van der Waals surface area contributed by atoms with E-state index in [4.69, 9.17) is 5.26 Å². The molecule has 0 saturated carbocycles. The van der Waals surface area contributed by atoms with Crippen molar-refractivity contribution in [3.63, 3.8) is 0 Å². The van der Waals surface area contributed by atoms with E-state index in [2.05, 4.69) is 10.6 Å². The fraction of sp³-hybridized carbons (Fsp3) is 0.444. The first-order valence-corrected chi connectivity index (χ1v) is 8.24. The Hall–Kier alpha value is -2.88. The van der Waals surface area contributed by atoms with Crippen molar-refractivity contribution in [1.29, 1.82) is 5.26 Å². The minimum absolute atomic E-state index is 0.00722. The van der Waals surface area contributed by atoms with Crippen molar-refractivity contribution in [3.8, 4) is 6.07 Å². The van der Waals surface area contributed by atoms with Gasteiger partial charge in [0.05, 0.1) is 12.0 Å². The topological polar surface area (TPSA) is 102 Å². The van der Waals surface area contributed by atoms with Crippen LogP contribution in [-0.4, -0.2) is 35.2 Å². The van der Waals surface area contributed by atoms with Crippen LogP contribution < -0.4 is 10.6 Å². The maximum atomic E-state index is 12.5. The van der Waals surface area contributed by atoms with E-state index in [1.807, 2.05) is 13.8 Å². The van der Waals surface area contributed by atoms with Crippen LogP contribution in [0.3, 0.4) is 0 Å². The highest BCUT2D eigenvalue weighted by Gasteiger charge is 2.35. The molecular weight excluding hydrogens is 320 g/mol. The van der Waals surface area contributed by atoms with E-state index in [1.54, 1.807) is 35.2 Å². The molecule has 2 rings (SSSR count). The molecule has 1 aliphatic heterocycles. The summed E-state index contributed by atoms with van der Waals surface area (Å²) < 4.78 is 0. The number of carbonyl (C=O) groups is 3. The third-order valence-corrected chi connectivity index (χ3v) is 4.14. The molecule has 0 bridgehead atoms. The lowest BCUT2D eigenvalue weighted by molar-refractivity contribution is -0.129. The van der Waals surface area contributed by atoms with Gasteiger partial charge in [0.15, 0.2) is 0 Å². The van der Waals surface area contributed by atoms with Crippen molar-refractivity contribution in [2.45, 2.75) is 39.3 Å². The van der Waals surface area contributed by atoms with Gasteiger partial charge in [-0.25, -0.2) is 0 Å². The predicted molar refractivity (Wildman–Crippen MR) is 92.1 cm³/mol. The third-order valence-electron chi connectivity index (χ3n) is 4.14. The standard InChI is InChI=1S/C18H22N4O3/c1-12(2)22-11-14(9-17(22)24)18(25)21-15-6-4-3-5-13(15)10-20-16(23)7-8-19/h3-6,12,14H,7,9-11H2,1-2H3,(H,20,23)(H,21,25). The second kappa shape index (κ2) is 8.29. The number of likely N-dealkylation sites (tertiary alicyclic amines) is 1. The Balaban J connectivity index is 2.01. The Bertz CT molecular complexity index is 709. The molecule has 7 nitrogen and oxygen atoms in total. The number of anilines is 1. The second-order valence-corrected chi connectivity index (χ2v) is 6.30. The summed E-state index contributed by atoms with van der Waals surface area (Å²) in [5.41, 5.74) is 1.34. The highest BCUT2D eigenvalue weighted by Crippen LogP contribution is 2.23. The average Bonchev–Trinajstić information content (AvgIpc) is 2.96. The number of nitriles is 1. The maximum absolute atomic E-state index is 12.5. The van der Waals surface area contributed by atoms with E-state index in [-0.39, 0.29) is 49.1 Å². The lowest BCUT2D eigenvalue weighted by Crippen LogP contribution is -2.33. The molecule has 1 fully saturated rings. The van der Waals surface area contributed by atoms with Gasteiger partial charge < -0.3 is 15.5 Å². The zero-order chi connectivity index (χ0) is 18.4. The van der Waals surface area contributed by atoms with Crippen LogP contribution in [0.4, 0.5) is 5.69 Å². The number of para-hydroxylation sites is 1. The fourth-order valence-corrected chi connectivity index (χ4v) is 2.77. The van der Waals surface area contributed by atoms with Crippen LogP contribution in [0, 0.1) is 17.2 Å². The van der Waals surface area contributed by atoms with Gasteiger partial charge in [0, 0.05) is 31.2 Å². The molecular formula is C18H22N4O3. The lowest BCUT2D eigenvalue weighted by atomic mass is 10.1. The normalized spacial score (nSPS) is 16.6. The largest absolute Gasteiger partial charge is 0.351 e. The van der Waals surface area contributed by atoms with Gasteiger partial charge in [-0.1, -0.05) is 18.2 Å². The van der Waals surface area contributed by atoms with E-state index >= 15 is 0 Å². The van der Waals surface area contributed by atoms with Crippen molar-refractivity contribution in [2.75, 3.05) is 11.9 Å². The third kappa shape index (κ3) is 4.80. The van der Waals surface area contributed by atoms with Gasteiger partial charge in [0.2, 0.25) is 17.7 Å². The molecule has 1 unspecified atom stereocenters. The number of amides is 3. The number of hydrogen-bond donors (Lipinski definition) is 2. The highest BCUT2D eigenvalue weighted by atomic mass is 16.2. The summed E-state index contributed by atoms with van der Waals surface area (Å²) in [6.45, 7) is 4.50. The highest BCUT2D eigenvalue weighted by molar-refractivity contribution is 5.97. The molecule has 1 atom stereocenters. The smallest absolute Gasteiger partial charge is 0.234 e. The Morgan fingerprint density at radius 2 is 2.08 bits per heavy atom. The molecule has 0 aromatic heterocycles. The Morgan fingerprint density at radius 1 is 1.36 bits per heavy atom. The molecule has 1 aromatic rings. The van der Waals surface area contributed by atoms with Crippen LogP contribution in [0.15, 0.2) is 24.3 Å². The molecule has 0 radical (unpaired) electrons. The van der Waals surface area contributed by atoms with Crippen LogP contribution >= 0.6 is 0 Å². The molecule has 0 aliphatic carbocycles. The summed E-state index contributed by atoms with van der Waals surface area (Å²) in [6.07, 6.45) is 0.00876. The predicted octanol–water partition coefficient (Wildman–Crippen LogP) is 1.41. The molecule has 132 valence electrons. The van der Waals surface area contributed by atoms with Gasteiger partial charge in [0.25, 0.3) is 0 Å². The van der Waals surface area contributed by atoms with Crippen LogP contribution in [0.2, 0.25) is 0 Å². The summed E-state index contributed by atoms with van der Waals surface area (Å²) in [7, 11) is 0. The Morgan fingerprint density at radius 3 is 2.72 bits per heavy atom. The molecule has 25 heavy (non-hydrogen) atoms.